The highest BCUT2D eigenvalue weighted by molar-refractivity contribution is 5.60. The van der Waals surface area contributed by atoms with Crippen molar-refractivity contribution in [3.05, 3.63) is 35.9 Å². The maximum Gasteiger partial charge on any atom is 0.508 e. The third-order valence-electron chi connectivity index (χ3n) is 2.45. The molecule has 0 aliphatic rings. The molecule has 7 nitrogen and oxygen atoms in total. The Morgan fingerprint density at radius 3 is 1.95 bits per heavy atom. The summed E-state index contributed by atoms with van der Waals surface area (Å²) in [5.41, 5.74) is 0.869. The van der Waals surface area contributed by atoms with Gasteiger partial charge in [0.25, 0.3) is 0 Å². The maximum atomic E-state index is 11.3. The Labute approximate surface area is 128 Å². The lowest BCUT2D eigenvalue weighted by Crippen LogP contribution is -2.13. The average Bonchev–Trinajstić information content (AvgIpc) is 2.54. The van der Waals surface area contributed by atoms with Crippen molar-refractivity contribution < 1.29 is 33.6 Å². The van der Waals surface area contributed by atoms with Crippen molar-refractivity contribution in [3.63, 3.8) is 0 Å². The van der Waals surface area contributed by atoms with Crippen molar-refractivity contribution in [1.29, 1.82) is 0 Å². The standard InChI is InChI=1S/C15H20O7/c16-8-4-9-19-14(17)20-10-5-11-21-15(18)22-12-13-6-2-1-3-7-13/h1-3,6-7,16H,4-5,8-12H2. The Bertz CT molecular complexity index is 433. The van der Waals surface area contributed by atoms with E-state index in [4.69, 9.17) is 19.3 Å². The first kappa shape index (κ1) is 17.8. The number of benzene rings is 1. The summed E-state index contributed by atoms with van der Waals surface area (Å²) >= 11 is 0. The van der Waals surface area contributed by atoms with Crippen LogP contribution in [0.4, 0.5) is 9.59 Å². The van der Waals surface area contributed by atoms with Gasteiger partial charge < -0.3 is 24.1 Å². The highest BCUT2D eigenvalue weighted by atomic mass is 16.7. The number of aliphatic hydroxyl groups is 1. The van der Waals surface area contributed by atoms with Crippen LogP contribution in [0, 0.1) is 0 Å². The lowest BCUT2D eigenvalue weighted by molar-refractivity contribution is 0.0330. The van der Waals surface area contributed by atoms with Crippen LogP contribution in [0.25, 0.3) is 0 Å². The molecule has 0 fully saturated rings. The molecule has 1 aromatic carbocycles. The molecule has 1 N–H and O–H groups in total. The van der Waals surface area contributed by atoms with Crippen LogP contribution in [-0.2, 0) is 25.6 Å². The van der Waals surface area contributed by atoms with Crippen LogP contribution in [0.15, 0.2) is 30.3 Å². The molecule has 22 heavy (non-hydrogen) atoms. The summed E-state index contributed by atoms with van der Waals surface area (Å²) in [6.07, 6.45) is -0.865. The minimum absolute atomic E-state index is 0.0494. The predicted octanol–water partition coefficient (Wildman–Crippen LogP) is 2.27. The number of rotatable bonds is 9. The molecule has 0 radical (unpaired) electrons. The van der Waals surface area contributed by atoms with Gasteiger partial charge >= 0.3 is 12.3 Å². The number of hydrogen-bond acceptors (Lipinski definition) is 7. The molecule has 0 aliphatic heterocycles. The van der Waals surface area contributed by atoms with Gasteiger partial charge in [-0.05, 0) is 5.56 Å². The fourth-order valence-corrected chi connectivity index (χ4v) is 1.39. The Hall–Kier alpha value is -2.28. The highest BCUT2D eigenvalue weighted by Gasteiger charge is 2.06. The van der Waals surface area contributed by atoms with Crippen LogP contribution < -0.4 is 0 Å². The maximum absolute atomic E-state index is 11.3. The van der Waals surface area contributed by atoms with Gasteiger partial charge in [-0.2, -0.15) is 0 Å². The summed E-state index contributed by atoms with van der Waals surface area (Å²) in [6, 6.07) is 9.24. The first-order valence-corrected chi connectivity index (χ1v) is 6.96. The van der Waals surface area contributed by atoms with Crippen molar-refractivity contribution in [3.8, 4) is 0 Å². The third kappa shape index (κ3) is 8.80. The molecule has 0 spiro atoms. The van der Waals surface area contributed by atoms with Crippen molar-refractivity contribution in [2.24, 2.45) is 0 Å². The van der Waals surface area contributed by atoms with Crippen molar-refractivity contribution in [1.82, 2.24) is 0 Å². The molecule has 1 rings (SSSR count). The normalized spacial score (nSPS) is 9.86. The molecule has 0 atom stereocenters. The summed E-state index contributed by atoms with van der Waals surface area (Å²) in [7, 11) is 0. The number of aliphatic hydroxyl groups excluding tert-OH is 1. The first-order valence-electron chi connectivity index (χ1n) is 6.96. The monoisotopic (exact) mass is 312 g/mol. The number of ether oxygens (including phenoxy) is 4. The van der Waals surface area contributed by atoms with Crippen molar-refractivity contribution in [2.75, 3.05) is 26.4 Å². The van der Waals surface area contributed by atoms with Crippen LogP contribution >= 0.6 is 0 Å². The van der Waals surface area contributed by atoms with Gasteiger partial charge in [-0.3, -0.25) is 0 Å². The fraction of sp³-hybridized carbons (Fsp3) is 0.467. The molecule has 0 aliphatic carbocycles. The van der Waals surface area contributed by atoms with E-state index >= 15 is 0 Å². The minimum Gasteiger partial charge on any atom is -0.434 e. The minimum atomic E-state index is -0.805. The summed E-state index contributed by atoms with van der Waals surface area (Å²) in [6.45, 7) is 0.360. The molecule has 0 heterocycles. The molecule has 0 aromatic heterocycles. The molecule has 1 aromatic rings. The van der Waals surface area contributed by atoms with Gasteiger partial charge in [0, 0.05) is 19.4 Å². The van der Waals surface area contributed by atoms with Gasteiger partial charge in [0.2, 0.25) is 0 Å². The van der Waals surface area contributed by atoms with E-state index in [2.05, 4.69) is 4.74 Å². The van der Waals surface area contributed by atoms with Crippen LogP contribution in [-0.4, -0.2) is 43.8 Å². The van der Waals surface area contributed by atoms with E-state index in [0.29, 0.717) is 12.8 Å². The van der Waals surface area contributed by atoms with E-state index in [1.807, 2.05) is 30.3 Å². The van der Waals surface area contributed by atoms with Gasteiger partial charge in [-0.25, -0.2) is 9.59 Å². The Balaban J connectivity index is 1.97. The van der Waals surface area contributed by atoms with Crippen LogP contribution in [0.1, 0.15) is 18.4 Å². The van der Waals surface area contributed by atoms with Gasteiger partial charge in [0.05, 0.1) is 19.8 Å². The summed E-state index contributed by atoms with van der Waals surface area (Å²) in [5.74, 6) is 0. The lowest BCUT2D eigenvalue weighted by atomic mass is 10.2. The lowest BCUT2D eigenvalue weighted by Gasteiger charge is -2.07. The highest BCUT2D eigenvalue weighted by Crippen LogP contribution is 2.01. The zero-order valence-electron chi connectivity index (χ0n) is 12.2. The molecular weight excluding hydrogens is 292 g/mol. The van der Waals surface area contributed by atoms with Gasteiger partial charge in [-0.1, -0.05) is 30.3 Å². The van der Waals surface area contributed by atoms with Crippen molar-refractivity contribution in [2.45, 2.75) is 19.4 Å². The summed E-state index contributed by atoms with van der Waals surface area (Å²) in [4.78, 5) is 22.3. The quantitative estimate of drug-likeness (QED) is 0.552. The van der Waals surface area contributed by atoms with Gasteiger partial charge in [0.1, 0.15) is 6.61 Å². The second-order valence-corrected chi connectivity index (χ2v) is 4.25. The molecule has 0 saturated heterocycles. The van der Waals surface area contributed by atoms with E-state index in [1.54, 1.807) is 0 Å². The SMILES string of the molecule is O=C(OCCCO)OCCCOC(=O)OCc1ccccc1. The van der Waals surface area contributed by atoms with Gasteiger partial charge in [-0.15, -0.1) is 0 Å². The van der Waals surface area contributed by atoms with Crippen LogP contribution in [0.5, 0.6) is 0 Å². The fourth-order valence-electron chi connectivity index (χ4n) is 1.39. The second kappa shape index (κ2) is 11.4. The molecular formula is C15H20O7. The van der Waals surface area contributed by atoms with E-state index in [9.17, 15) is 9.59 Å². The number of carbonyl (C=O) groups excluding carboxylic acids is 2. The number of carbonyl (C=O) groups is 2. The van der Waals surface area contributed by atoms with Crippen molar-refractivity contribution >= 4 is 12.3 Å². The zero-order valence-corrected chi connectivity index (χ0v) is 12.2. The second-order valence-electron chi connectivity index (χ2n) is 4.25. The van der Waals surface area contributed by atoms with E-state index < -0.39 is 12.3 Å². The Kier molecular flexibility index (Phi) is 9.20. The van der Waals surface area contributed by atoms with Crippen LogP contribution in [0.2, 0.25) is 0 Å². The summed E-state index contributed by atoms with van der Waals surface area (Å²) in [5, 5.41) is 8.50. The van der Waals surface area contributed by atoms with E-state index in [0.717, 1.165) is 5.56 Å². The topological polar surface area (TPSA) is 91.3 Å². The molecule has 0 bridgehead atoms. The Morgan fingerprint density at radius 2 is 1.36 bits per heavy atom. The molecule has 0 amide bonds. The third-order valence-corrected chi connectivity index (χ3v) is 2.45. The summed E-state index contributed by atoms with van der Waals surface area (Å²) < 4.78 is 19.1. The first-order chi connectivity index (χ1) is 10.7. The van der Waals surface area contributed by atoms with Crippen LogP contribution in [0.3, 0.4) is 0 Å². The number of hydrogen-bond donors (Lipinski definition) is 1. The molecule has 0 saturated carbocycles. The van der Waals surface area contributed by atoms with E-state index in [-0.39, 0.29) is 33.0 Å². The molecule has 0 unspecified atom stereocenters. The predicted molar refractivity (Wildman–Crippen MR) is 76.2 cm³/mol. The largest absolute Gasteiger partial charge is 0.508 e. The molecule has 122 valence electrons. The smallest absolute Gasteiger partial charge is 0.434 e. The van der Waals surface area contributed by atoms with Gasteiger partial charge in [0.15, 0.2) is 0 Å². The zero-order chi connectivity index (χ0) is 16.0. The average molecular weight is 312 g/mol. The molecule has 7 heteroatoms. The Morgan fingerprint density at radius 1 is 0.818 bits per heavy atom. The van der Waals surface area contributed by atoms with E-state index in [1.165, 1.54) is 0 Å².